The number of anilines is 1. The molecule has 1 heterocycles. The van der Waals surface area contributed by atoms with Crippen molar-refractivity contribution >= 4 is 17.8 Å². The predicted octanol–water partition coefficient (Wildman–Crippen LogP) is 4.23. The van der Waals surface area contributed by atoms with Gasteiger partial charge in [0.1, 0.15) is 6.54 Å². The molecule has 1 N–H and O–H groups in total. The fraction of sp³-hybridized carbons (Fsp3) is 0.346. The number of carbonyl (C=O) groups excluding carboxylic acids is 2. The summed E-state index contributed by atoms with van der Waals surface area (Å²) in [5.41, 5.74) is 4.90. The smallest absolute Gasteiger partial charge is 0.246 e. The summed E-state index contributed by atoms with van der Waals surface area (Å²) in [4.78, 5) is 31.7. The summed E-state index contributed by atoms with van der Waals surface area (Å²) < 4.78 is 6.96. The van der Waals surface area contributed by atoms with Gasteiger partial charge in [-0.3, -0.25) is 19.5 Å². The number of amides is 2. The summed E-state index contributed by atoms with van der Waals surface area (Å²) in [5, 5.41) is 2.90. The quantitative estimate of drug-likeness (QED) is 0.532. The lowest BCUT2D eigenvalue weighted by Crippen LogP contribution is -2.42. The second-order valence-corrected chi connectivity index (χ2v) is 8.48. The molecule has 3 aromatic rings. The van der Waals surface area contributed by atoms with Crippen LogP contribution in [0.5, 0.6) is 0 Å². The van der Waals surface area contributed by atoms with E-state index in [1.54, 1.807) is 7.11 Å². The van der Waals surface area contributed by atoms with Gasteiger partial charge in [-0.25, -0.2) is 4.98 Å². The van der Waals surface area contributed by atoms with Crippen LogP contribution in [-0.2, 0) is 14.3 Å². The number of benzene rings is 2. The van der Waals surface area contributed by atoms with E-state index in [2.05, 4.69) is 5.32 Å². The van der Waals surface area contributed by atoms with Gasteiger partial charge in [-0.1, -0.05) is 61.4 Å². The lowest BCUT2D eigenvalue weighted by Gasteiger charge is -2.23. The highest BCUT2D eigenvalue weighted by atomic mass is 16.5. The van der Waals surface area contributed by atoms with Crippen LogP contribution in [0.1, 0.15) is 25.0 Å². The van der Waals surface area contributed by atoms with Crippen molar-refractivity contribution in [2.75, 3.05) is 32.1 Å². The van der Waals surface area contributed by atoms with Crippen molar-refractivity contribution in [3.63, 3.8) is 0 Å². The molecule has 0 bridgehead atoms. The Morgan fingerprint density at radius 2 is 1.64 bits per heavy atom. The van der Waals surface area contributed by atoms with Crippen LogP contribution >= 0.6 is 0 Å². The number of rotatable bonds is 9. The number of aryl methyl sites for hydroxylation is 2. The highest BCUT2D eigenvalue weighted by Crippen LogP contribution is 2.25. The van der Waals surface area contributed by atoms with Crippen LogP contribution in [0, 0.1) is 19.8 Å². The van der Waals surface area contributed by atoms with Crippen LogP contribution in [0.25, 0.3) is 16.9 Å². The van der Waals surface area contributed by atoms with E-state index in [1.165, 1.54) is 4.90 Å². The van der Waals surface area contributed by atoms with E-state index in [1.807, 2.05) is 87.0 Å². The van der Waals surface area contributed by atoms with E-state index >= 15 is 0 Å². The van der Waals surface area contributed by atoms with Crippen LogP contribution in [0.2, 0.25) is 0 Å². The Kier molecular flexibility index (Phi) is 8.01. The van der Waals surface area contributed by atoms with E-state index in [-0.39, 0.29) is 24.3 Å². The van der Waals surface area contributed by atoms with Gasteiger partial charge in [-0.05, 0) is 26.0 Å². The van der Waals surface area contributed by atoms with E-state index in [0.29, 0.717) is 19.1 Å². The molecular weight excluding hydrogens is 416 g/mol. The summed E-state index contributed by atoms with van der Waals surface area (Å²) in [6.07, 6.45) is 1.91. The Morgan fingerprint density at radius 1 is 1.03 bits per heavy atom. The summed E-state index contributed by atoms with van der Waals surface area (Å²) in [6, 6.07) is 16.1. The first-order valence-corrected chi connectivity index (χ1v) is 11.1. The zero-order valence-corrected chi connectivity index (χ0v) is 20.0. The third kappa shape index (κ3) is 6.29. The van der Waals surface area contributed by atoms with Crippen molar-refractivity contribution in [2.24, 2.45) is 5.92 Å². The average Bonchev–Trinajstić information content (AvgIpc) is 3.20. The Labute approximate surface area is 195 Å². The van der Waals surface area contributed by atoms with Gasteiger partial charge in [0.25, 0.3) is 0 Å². The SMILES string of the molecule is COCCN(CC(=O)Nc1nc(-c2ccc(C)cc2)cn1-c1ccc(C)cc1)C(=O)C(C)C. The first kappa shape index (κ1) is 24.2. The minimum absolute atomic E-state index is 0.0685. The number of carbonyl (C=O) groups is 2. The molecule has 2 aromatic carbocycles. The lowest BCUT2D eigenvalue weighted by atomic mass is 10.1. The molecule has 0 radical (unpaired) electrons. The van der Waals surface area contributed by atoms with Crippen molar-refractivity contribution in [1.29, 1.82) is 0 Å². The molecule has 1 aromatic heterocycles. The normalized spacial score (nSPS) is 11.0. The maximum absolute atomic E-state index is 12.9. The van der Waals surface area contributed by atoms with Gasteiger partial charge >= 0.3 is 0 Å². The van der Waals surface area contributed by atoms with Crippen LogP contribution in [0.4, 0.5) is 5.95 Å². The fourth-order valence-corrected chi connectivity index (χ4v) is 3.41. The summed E-state index contributed by atoms with van der Waals surface area (Å²) >= 11 is 0. The highest BCUT2D eigenvalue weighted by Gasteiger charge is 2.21. The van der Waals surface area contributed by atoms with Crippen LogP contribution in [-0.4, -0.2) is 53.1 Å². The van der Waals surface area contributed by atoms with Gasteiger partial charge in [0.2, 0.25) is 17.8 Å². The van der Waals surface area contributed by atoms with Crippen molar-refractivity contribution in [3.8, 4) is 16.9 Å². The van der Waals surface area contributed by atoms with Gasteiger partial charge in [0, 0.05) is 37.0 Å². The number of ether oxygens (including phenoxy) is 1. The van der Waals surface area contributed by atoms with E-state index in [4.69, 9.17) is 9.72 Å². The zero-order chi connectivity index (χ0) is 24.0. The Morgan fingerprint density at radius 3 is 2.21 bits per heavy atom. The number of methoxy groups -OCH3 is 1. The second-order valence-electron chi connectivity index (χ2n) is 8.48. The molecule has 0 atom stereocenters. The molecule has 0 aliphatic rings. The Balaban J connectivity index is 1.89. The van der Waals surface area contributed by atoms with Crippen molar-refractivity contribution < 1.29 is 14.3 Å². The number of nitrogens with one attached hydrogen (secondary N) is 1. The van der Waals surface area contributed by atoms with Gasteiger partial charge in [0.15, 0.2) is 0 Å². The highest BCUT2D eigenvalue weighted by molar-refractivity contribution is 5.94. The second kappa shape index (κ2) is 10.9. The van der Waals surface area contributed by atoms with Gasteiger partial charge < -0.3 is 9.64 Å². The molecular formula is C26H32N4O3. The topological polar surface area (TPSA) is 76.5 Å². The molecule has 0 fully saturated rings. The maximum atomic E-state index is 12.9. The van der Waals surface area contributed by atoms with Gasteiger partial charge in [0.05, 0.1) is 12.3 Å². The molecule has 0 aliphatic heterocycles. The summed E-state index contributed by atoms with van der Waals surface area (Å²) in [6.45, 7) is 8.34. The van der Waals surface area contributed by atoms with Gasteiger partial charge in [-0.15, -0.1) is 0 Å². The number of hydrogen-bond donors (Lipinski definition) is 1. The molecule has 0 saturated heterocycles. The molecule has 33 heavy (non-hydrogen) atoms. The standard InChI is InChI=1S/C26H32N4O3/c1-18(2)25(32)29(14-15-33-5)17-24(31)28-26-27-23(21-10-6-19(3)7-11-21)16-30(26)22-12-8-20(4)9-13-22/h6-13,16,18H,14-15,17H2,1-5H3,(H,27,28,31). The predicted molar refractivity (Wildman–Crippen MR) is 130 cm³/mol. The number of hydrogen-bond acceptors (Lipinski definition) is 4. The largest absolute Gasteiger partial charge is 0.383 e. The molecule has 2 amide bonds. The summed E-state index contributed by atoms with van der Waals surface area (Å²) in [5.74, 6) is -0.209. The number of aromatic nitrogens is 2. The summed E-state index contributed by atoms with van der Waals surface area (Å²) in [7, 11) is 1.57. The van der Waals surface area contributed by atoms with E-state index in [9.17, 15) is 9.59 Å². The lowest BCUT2D eigenvalue weighted by molar-refractivity contribution is -0.138. The van der Waals surface area contributed by atoms with Crippen molar-refractivity contribution in [1.82, 2.24) is 14.5 Å². The van der Waals surface area contributed by atoms with Gasteiger partial charge in [-0.2, -0.15) is 0 Å². The Hall–Kier alpha value is -3.45. The number of imidazole rings is 1. The van der Waals surface area contributed by atoms with Crippen LogP contribution in [0.3, 0.4) is 0 Å². The molecule has 7 heteroatoms. The monoisotopic (exact) mass is 448 g/mol. The van der Waals surface area contributed by atoms with Crippen LogP contribution < -0.4 is 5.32 Å². The molecule has 3 rings (SSSR count). The third-order valence-corrected chi connectivity index (χ3v) is 5.32. The van der Waals surface area contributed by atoms with Crippen molar-refractivity contribution in [2.45, 2.75) is 27.7 Å². The van der Waals surface area contributed by atoms with E-state index in [0.717, 1.165) is 28.1 Å². The molecule has 7 nitrogen and oxygen atoms in total. The number of nitrogens with zero attached hydrogens (tertiary/aromatic N) is 3. The maximum Gasteiger partial charge on any atom is 0.246 e. The average molecular weight is 449 g/mol. The first-order valence-electron chi connectivity index (χ1n) is 11.1. The minimum Gasteiger partial charge on any atom is -0.383 e. The van der Waals surface area contributed by atoms with Crippen molar-refractivity contribution in [3.05, 3.63) is 65.9 Å². The Bertz CT molecular complexity index is 1090. The minimum atomic E-state index is -0.311. The molecule has 0 saturated carbocycles. The first-order chi connectivity index (χ1) is 15.8. The molecule has 0 aliphatic carbocycles. The zero-order valence-electron chi connectivity index (χ0n) is 20.0. The third-order valence-electron chi connectivity index (χ3n) is 5.32. The fourth-order valence-electron chi connectivity index (χ4n) is 3.41. The van der Waals surface area contributed by atoms with Crippen LogP contribution in [0.15, 0.2) is 54.7 Å². The van der Waals surface area contributed by atoms with E-state index < -0.39 is 0 Å². The molecule has 174 valence electrons. The molecule has 0 unspecified atom stereocenters. The molecule has 0 spiro atoms.